The molecule has 1 unspecified atom stereocenters. The third kappa shape index (κ3) is 6.51. The van der Waals surface area contributed by atoms with Crippen LogP contribution in [0.3, 0.4) is 0 Å². The Balaban J connectivity index is 0.00000353. The molecule has 2 aromatic heterocycles. The summed E-state index contributed by atoms with van der Waals surface area (Å²) in [6.07, 6.45) is 6.40. The first-order valence-corrected chi connectivity index (χ1v) is 12.9. The fourth-order valence-electron chi connectivity index (χ4n) is 4.51. The standard InChI is InChI=1S/C28H29ClN8O.ClH/c1-19-7-8-22(15-26(19)35-28-33-10-9-25(34-28)21-16-31-18-32-17-21)37(20(2)36-13-11-30-12-14-36)27(38)23-5-3-4-6-24(23)29;/h3-10,15-18,20,30H,11-14H2,1-2H3,(H,33,34,35);1H. The number of nitrogens with zero attached hydrogens (tertiary/aromatic N) is 6. The Hall–Kier alpha value is -3.63. The number of nitrogens with one attached hydrogen (secondary N) is 2. The maximum atomic E-state index is 13.9. The van der Waals surface area contributed by atoms with Crippen molar-refractivity contribution in [2.45, 2.75) is 20.0 Å². The summed E-state index contributed by atoms with van der Waals surface area (Å²) in [5, 5.41) is 7.14. The number of aromatic nitrogens is 4. The molecule has 2 aromatic carbocycles. The molecule has 1 aliphatic rings. The van der Waals surface area contributed by atoms with Crippen molar-refractivity contribution in [1.29, 1.82) is 0 Å². The molecule has 9 nitrogen and oxygen atoms in total. The van der Waals surface area contributed by atoms with Crippen molar-refractivity contribution >= 4 is 47.2 Å². The van der Waals surface area contributed by atoms with E-state index in [9.17, 15) is 4.79 Å². The molecule has 2 N–H and O–H groups in total. The van der Waals surface area contributed by atoms with E-state index in [4.69, 9.17) is 11.6 Å². The Bertz CT molecular complexity index is 1420. The van der Waals surface area contributed by atoms with Crippen molar-refractivity contribution in [3.63, 3.8) is 0 Å². The Morgan fingerprint density at radius 1 is 1.10 bits per heavy atom. The average molecular weight is 566 g/mol. The highest BCUT2D eigenvalue weighted by Crippen LogP contribution is 2.30. The van der Waals surface area contributed by atoms with Gasteiger partial charge >= 0.3 is 0 Å². The van der Waals surface area contributed by atoms with Crippen LogP contribution in [0.15, 0.2) is 73.4 Å². The number of carbonyl (C=O) groups is 1. The molecular weight excluding hydrogens is 535 g/mol. The van der Waals surface area contributed by atoms with Crippen LogP contribution in [0.2, 0.25) is 5.02 Å². The van der Waals surface area contributed by atoms with Gasteiger partial charge in [-0.05, 0) is 49.7 Å². The fourth-order valence-corrected chi connectivity index (χ4v) is 4.73. The first-order valence-electron chi connectivity index (χ1n) is 12.5. The fraction of sp³-hybridized carbons (Fsp3) is 0.250. The molecule has 0 bridgehead atoms. The molecule has 0 aliphatic carbocycles. The number of piperazine rings is 1. The second-order valence-electron chi connectivity index (χ2n) is 9.09. The van der Waals surface area contributed by atoms with E-state index in [0.717, 1.165) is 48.7 Å². The van der Waals surface area contributed by atoms with Gasteiger partial charge in [0.2, 0.25) is 5.95 Å². The van der Waals surface area contributed by atoms with Crippen molar-refractivity contribution in [2.75, 3.05) is 36.4 Å². The summed E-state index contributed by atoms with van der Waals surface area (Å²) in [6, 6.07) is 14.9. The molecule has 1 saturated heterocycles. The van der Waals surface area contributed by atoms with Gasteiger partial charge in [-0.1, -0.05) is 29.8 Å². The first-order chi connectivity index (χ1) is 18.5. The van der Waals surface area contributed by atoms with Crippen LogP contribution in [0.4, 0.5) is 17.3 Å². The Kier molecular flexibility index (Phi) is 9.42. The van der Waals surface area contributed by atoms with Crippen LogP contribution in [-0.4, -0.2) is 63.1 Å². The van der Waals surface area contributed by atoms with Crippen LogP contribution >= 0.6 is 24.0 Å². The molecule has 0 saturated carbocycles. The van der Waals surface area contributed by atoms with E-state index in [1.165, 1.54) is 6.33 Å². The van der Waals surface area contributed by atoms with Crippen LogP contribution in [0, 0.1) is 6.92 Å². The summed E-state index contributed by atoms with van der Waals surface area (Å²) < 4.78 is 0. The molecule has 0 radical (unpaired) electrons. The molecule has 1 atom stereocenters. The Morgan fingerprint density at radius 2 is 1.85 bits per heavy atom. The molecule has 11 heteroatoms. The lowest BCUT2D eigenvalue weighted by molar-refractivity contribution is 0.0923. The maximum absolute atomic E-state index is 13.9. The van der Waals surface area contributed by atoms with Gasteiger partial charge in [0.1, 0.15) is 6.33 Å². The summed E-state index contributed by atoms with van der Waals surface area (Å²) in [5.41, 5.74) is 4.51. The number of halogens is 2. The van der Waals surface area contributed by atoms with Crippen molar-refractivity contribution in [2.24, 2.45) is 0 Å². The smallest absolute Gasteiger partial charge is 0.261 e. The lowest BCUT2D eigenvalue weighted by atomic mass is 10.1. The van der Waals surface area contributed by atoms with Crippen molar-refractivity contribution in [1.82, 2.24) is 30.2 Å². The highest BCUT2D eigenvalue weighted by Gasteiger charge is 2.30. The van der Waals surface area contributed by atoms with Crippen molar-refractivity contribution < 1.29 is 4.79 Å². The number of hydrogen-bond acceptors (Lipinski definition) is 8. The quantitative estimate of drug-likeness (QED) is 0.325. The number of aryl methyl sites for hydroxylation is 1. The molecule has 5 rings (SSSR count). The average Bonchev–Trinajstić information content (AvgIpc) is 2.96. The van der Waals surface area contributed by atoms with Crippen molar-refractivity contribution in [3.8, 4) is 11.3 Å². The zero-order chi connectivity index (χ0) is 26.5. The second-order valence-corrected chi connectivity index (χ2v) is 9.50. The largest absolute Gasteiger partial charge is 0.324 e. The highest BCUT2D eigenvalue weighted by atomic mass is 35.5. The molecule has 0 spiro atoms. The third-order valence-corrected chi connectivity index (χ3v) is 6.96. The molecule has 202 valence electrons. The van der Waals surface area contributed by atoms with E-state index in [1.54, 1.807) is 30.7 Å². The molecule has 1 amide bonds. The topological polar surface area (TPSA) is 99.2 Å². The van der Waals surface area contributed by atoms with E-state index >= 15 is 0 Å². The van der Waals surface area contributed by atoms with Gasteiger partial charge in [-0.3, -0.25) is 14.6 Å². The van der Waals surface area contributed by atoms with Gasteiger partial charge in [0.05, 0.1) is 22.4 Å². The molecular formula is C28H30Cl2N8O. The van der Waals surface area contributed by atoms with Crippen LogP contribution in [0.5, 0.6) is 0 Å². The van der Waals surface area contributed by atoms with Gasteiger partial charge in [-0.25, -0.2) is 19.9 Å². The number of amides is 1. The van der Waals surface area contributed by atoms with E-state index < -0.39 is 0 Å². The summed E-state index contributed by atoms with van der Waals surface area (Å²) >= 11 is 6.46. The van der Waals surface area contributed by atoms with Gasteiger partial charge in [0.25, 0.3) is 5.91 Å². The van der Waals surface area contributed by atoms with Gasteiger partial charge in [0.15, 0.2) is 0 Å². The van der Waals surface area contributed by atoms with Gasteiger partial charge in [-0.15, -0.1) is 12.4 Å². The summed E-state index contributed by atoms with van der Waals surface area (Å²) in [5.74, 6) is 0.282. The van der Waals surface area contributed by atoms with E-state index in [-0.39, 0.29) is 24.5 Å². The maximum Gasteiger partial charge on any atom is 0.261 e. The van der Waals surface area contributed by atoms with Crippen LogP contribution < -0.4 is 15.5 Å². The molecule has 3 heterocycles. The van der Waals surface area contributed by atoms with Gasteiger partial charge in [0, 0.05) is 61.7 Å². The van der Waals surface area contributed by atoms with Gasteiger partial charge < -0.3 is 10.6 Å². The highest BCUT2D eigenvalue weighted by molar-refractivity contribution is 6.34. The Morgan fingerprint density at radius 3 is 2.59 bits per heavy atom. The number of hydrogen-bond donors (Lipinski definition) is 2. The SMILES string of the molecule is Cc1ccc(N(C(=O)c2ccccc2Cl)C(C)N2CCNCC2)cc1Nc1nccc(-c2cncnc2)n1.Cl. The lowest BCUT2D eigenvalue weighted by Gasteiger charge is -2.40. The van der Waals surface area contributed by atoms with Gasteiger partial charge in [-0.2, -0.15) is 0 Å². The number of benzene rings is 2. The summed E-state index contributed by atoms with van der Waals surface area (Å²) in [4.78, 5) is 35.3. The predicted octanol–water partition coefficient (Wildman–Crippen LogP) is 4.96. The predicted molar refractivity (Wildman–Crippen MR) is 157 cm³/mol. The van der Waals surface area contributed by atoms with E-state index in [0.29, 0.717) is 22.2 Å². The number of anilines is 3. The van der Waals surface area contributed by atoms with Crippen molar-refractivity contribution in [3.05, 3.63) is 89.6 Å². The second kappa shape index (κ2) is 12.9. The molecule has 4 aromatic rings. The minimum absolute atomic E-state index is 0. The van der Waals surface area contributed by atoms with Crippen LogP contribution in [0.1, 0.15) is 22.8 Å². The third-order valence-electron chi connectivity index (χ3n) is 6.63. The van der Waals surface area contributed by atoms with E-state index in [1.807, 2.05) is 48.2 Å². The monoisotopic (exact) mass is 564 g/mol. The van der Waals surface area contributed by atoms with Crippen LogP contribution in [0.25, 0.3) is 11.3 Å². The Labute approximate surface area is 239 Å². The zero-order valence-corrected chi connectivity index (χ0v) is 23.3. The minimum atomic E-state index is -0.186. The normalized spacial score (nSPS) is 14.2. The number of rotatable bonds is 7. The zero-order valence-electron chi connectivity index (χ0n) is 21.7. The summed E-state index contributed by atoms with van der Waals surface area (Å²) in [7, 11) is 0. The lowest BCUT2D eigenvalue weighted by Crippen LogP contribution is -2.55. The summed E-state index contributed by atoms with van der Waals surface area (Å²) in [6.45, 7) is 7.49. The number of carbonyl (C=O) groups excluding carboxylic acids is 1. The molecule has 1 fully saturated rings. The molecule has 1 aliphatic heterocycles. The van der Waals surface area contributed by atoms with Crippen LogP contribution in [-0.2, 0) is 0 Å². The van der Waals surface area contributed by atoms with E-state index in [2.05, 4.69) is 42.4 Å². The molecule has 39 heavy (non-hydrogen) atoms. The first kappa shape index (κ1) is 28.4. The minimum Gasteiger partial charge on any atom is -0.324 e.